The molecule has 2 aromatic carbocycles. The van der Waals surface area contributed by atoms with Crippen LogP contribution in [-0.2, 0) is 21.7 Å². The number of hydrogen-bond acceptors (Lipinski definition) is 11. The number of nitrogen functional groups attached to an aromatic ring is 1. The van der Waals surface area contributed by atoms with Crippen LogP contribution in [0, 0.1) is 0 Å². The highest BCUT2D eigenvalue weighted by atomic mass is 32.1. The van der Waals surface area contributed by atoms with Gasteiger partial charge in [-0.1, -0.05) is 53.8 Å². The monoisotopic (exact) mass is 490 g/mol. The summed E-state index contributed by atoms with van der Waals surface area (Å²) in [5.41, 5.74) is 6.43. The molecule has 0 bridgehead atoms. The number of aromatic hydroxyl groups is 1. The van der Waals surface area contributed by atoms with Gasteiger partial charge in [-0.05, 0) is 17.7 Å². The SMILES string of the molecule is COC(CNC(O)(O)C(O)(O)c1ccc(NC(=O)Cc2nc(N)sc2O)cc1)c1ccccc1. The Morgan fingerprint density at radius 3 is 2.32 bits per heavy atom. The molecule has 9 N–H and O–H groups in total. The molecule has 0 spiro atoms. The quantitative estimate of drug-likeness (QED) is 0.184. The first kappa shape index (κ1) is 25.5. The number of ether oxygens (including phenoxy) is 1. The second-order valence-electron chi connectivity index (χ2n) is 7.47. The summed E-state index contributed by atoms with van der Waals surface area (Å²) in [6.07, 6.45) is -0.797. The highest BCUT2D eigenvalue weighted by Gasteiger charge is 2.49. The number of carbonyl (C=O) groups is 1. The van der Waals surface area contributed by atoms with Crippen LogP contribution in [0.2, 0.25) is 0 Å². The zero-order valence-corrected chi connectivity index (χ0v) is 19.0. The molecule has 12 heteroatoms. The molecule has 0 fully saturated rings. The number of aliphatic hydroxyl groups is 4. The summed E-state index contributed by atoms with van der Waals surface area (Å²) in [6, 6.07) is 14.1. The smallest absolute Gasteiger partial charge is 0.284 e. The van der Waals surface area contributed by atoms with Crippen LogP contribution in [-0.4, -0.2) is 56.0 Å². The predicted molar refractivity (Wildman–Crippen MR) is 124 cm³/mol. The van der Waals surface area contributed by atoms with E-state index in [-0.39, 0.29) is 34.4 Å². The maximum absolute atomic E-state index is 12.2. The van der Waals surface area contributed by atoms with Crippen molar-refractivity contribution in [1.82, 2.24) is 10.3 Å². The average molecular weight is 491 g/mol. The largest absolute Gasteiger partial charge is 0.498 e. The van der Waals surface area contributed by atoms with Gasteiger partial charge >= 0.3 is 0 Å². The van der Waals surface area contributed by atoms with Crippen LogP contribution in [0.25, 0.3) is 0 Å². The van der Waals surface area contributed by atoms with Gasteiger partial charge in [-0.3, -0.25) is 10.1 Å². The van der Waals surface area contributed by atoms with Crippen molar-refractivity contribution in [2.24, 2.45) is 0 Å². The second kappa shape index (κ2) is 10.4. The Labute approximate surface area is 199 Å². The minimum atomic E-state index is -3.13. The molecule has 1 amide bonds. The number of anilines is 2. The van der Waals surface area contributed by atoms with Crippen LogP contribution in [0.3, 0.4) is 0 Å². The number of hydrogen-bond donors (Lipinski definition) is 8. The Morgan fingerprint density at radius 2 is 1.76 bits per heavy atom. The van der Waals surface area contributed by atoms with Gasteiger partial charge in [0.1, 0.15) is 5.69 Å². The molecular weight excluding hydrogens is 464 g/mol. The molecule has 0 saturated carbocycles. The number of nitrogens with two attached hydrogens (primary N) is 1. The number of nitrogens with one attached hydrogen (secondary N) is 2. The lowest BCUT2D eigenvalue weighted by atomic mass is 10.0. The van der Waals surface area contributed by atoms with Gasteiger partial charge in [0, 0.05) is 24.9 Å². The molecule has 0 aliphatic carbocycles. The topological polar surface area (TPSA) is 190 Å². The lowest BCUT2D eigenvalue weighted by Crippen LogP contribution is -2.62. The summed E-state index contributed by atoms with van der Waals surface area (Å²) < 4.78 is 5.34. The van der Waals surface area contributed by atoms with Gasteiger partial charge in [0.25, 0.3) is 11.7 Å². The zero-order valence-electron chi connectivity index (χ0n) is 18.2. The molecule has 0 saturated heterocycles. The van der Waals surface area contributed by atoms with Crippen molar-refractivity contribution in [3.05, 3.63) is 71.4 Å². The van der Waals surface area contributed by atoms with Crippen molar-refractivity contribution in [3.63, 3.8) is 0 Å². The normalized spacial score (nSPS) is 13.0. The van der Waals surface area contributed by atoms with Crippen molar-refractivity contribution in [3.8, 4) is 5.06 Å². The zero-order chi connectivity index (χ0) is 24.9. The molecule has 1 heterocycles. The van der Waals surface area contributed by atoms with E-state index in [1.54, 1.807) is 24.3 Å². The van der Waals surface area contributed by atoms with Gasteiger partial charge in [-0.25, -0.2) is 4.98 Å². The van der Waals surface area contributed by atoms with Crippen LogP contribution in [0.4, 0.5) is 10.8 Å². The van der Waals surface area contributed by atoms with Crippen molar-refractivity contribution < 1.29 is 35.1 Å². The number of methoxy groups -OCH3 is 1. The second-order valence-corrected chi connectivity index (χ2v) is 8.48. The Bertz CT molecular complexity index is 1100. The molecule has 1 unspecified atom stereocenters. The highest BCUT2D eigenvalue weighted by Crippen LogP contribution is 2.30. The number of benzene rings is 2. The number of carbonyl (C=O) groups excluding carboxylic acids is 1. The molecule has 3 rings (SSSR count). The highest BCUT2D eigenvalue weighted by molar-refractivity contribution is 7.17. The summed E-state index contributed by atoms with van der Waals surface area (Å²) in [7, 11) is 1.44. The summed E-state index contributed by atoms with van der Waals surface area (Å²) in [5, 5.41) is 56.3. The van der Waals surface area contributed by atoms with E-state index in [1.807, 2.05) is 6.07 Å². The first-order valence-electron chi connectivity index (χ1n) is 10.1. The fourth-order valence-corrected chi connectivity index (χ4v) is 3.77. The van der Waals surface area contributed by atoms with E-state index in [4.69, 9.17) is 10.5 Å². The maximum atomic E-state index is 12.2. The van der Waals surface area contributed by atoms with E-state index in [2.05, 4.69) is 15.6 Å². The van der Waals surface area contributed by atoms with Gasteiger partial charge in [-0.2, -0.15) is 0 Å². The van der Waals surface area contributed by atoms with Crippen LogP contribution in [0.5, 0.6) is 5.06 Å². The van der Waals surface area contributed by atoms with Crippen LogP contribution >= 0.6 is 11.3 Å². The van der Waals surface area contributed by atoms with Crippen molar-refractivity contribution >= 4 is 28.1 Å². The molecule has 1 atom stereocenters. The Hall–Kier alpha value is -3.10. The Morgan fingerprint density at radius 1 is 1.12 bits per heavy atom. The molecule has 11 nitrogen and oxygen atoms in total. The molecular formula is C22H26N4O7S. The summed E-state index contributed by atoms with van der Waals surface area (Å²) in [6.45, 7) is -0.140. The lowest BCUT2D eigenvalue weighted by Gasteiger charge is -2.36. The minimum absolute atomic E-state index is 0.137. The van der Waals surface area contributed by atoms with Crippen molar-refractivity contribution in [2.45, 2.75) is 24.2 Å². The van der Waals surface area contributed by atoms with Gasteiger partial charge in [0.05, 0.1) is 12.5 Å². The number of nitrogens with zero attached hydrogens (tertiary/aromatic N) is 1. The average Bonchev–Trinajstić information content (AvgIpc) is 3.11. The van der Waals surface area contributed by atoms with Gasteiger partial charge in [0.2, 0.25) is 5.91 Å². The number of aromatic nitrogens is 1. The van der Waals surface area contributed by atoms with Gasteiger partial charge in [0.15, 0.2) is 10.2 Å². The predicted octanol–water partition coefficient (Wildman–Crippen LogP) is 0.365. The van der Waals surface area contributed by atoms with E-state index in [0.717, 1.165) is 16.9 Å². The van der Waals surface area contributed by atoms with E-state index in [1.165, 1.54) is 31.4 Å². The summed E-state index contributed by atoms with van der Waals surface area (Å²) in [5.74, 6) is -6.72. The van der Waals surface area contributed by atoms with Crippen molar-refractivity contribution in [1.29, 1.82) is 0 Å². The van der Waals surface area contributed by atoms with E-state index >= 15 is 0 Å². The molecule has 0 aliphatic heterocycles. The van der Waals surface area contributed by atoms with Gasteiger partial charge in [-0.15, -0.1) is 0 Å². The molecule has 182 valence electrons. The summed E-state index contributed by atoms with van der Waals surface area (Å²) >= 11 is 0.856. The molecule has 1 aromatic heterocycles. The number of rotatable bonds is 10. The van der Waals surface area contributed by atoms with E-state index < -0.39 is 23.7 Å². The number of amides is 1. The van der Waals surface area contributed by atoms with Crippen LogP contribution in [0.15, 0.2) is 54.6 Å². The molecule has 3 aromatic rings. The first-order valence-corrected chi connectivity index (χ1v) is 10.9. The fourth-order valence-electron chi connectivity index (χ4n) is 3.18. The molecule has 0 aliphatic rings. The number of thiazole rings is 1. The fraction of sp³-hybridized carbons (Fsp3) is 0.273. The third-order valence-electron chi connectivity index (χ3n) is 5.07. The molecule has 0 radical (unpaired) electrons. The van der Waals surface area contributed by atoms with Crippen molar-refractivity contribution in [2.75, 3.05) is 24.7 Å². The van der Waals surface area contributed by atoms with Crippen LogP contribution < -0.4 is 16.4 Å². The Kier molecular flexibility index (Phi) is 7.84. The summed E-state index contributed by atoms with van der Waals surface area (Å²) in [4.78, 5) is 16.0. The third kappa shape index (κ3) is 5.87. The van der Waals surface area contributed by atoms with Crippen LogP contribution in [0.1, 0.15) is 22.9 Å². The Balaban J connectivity index is 1.64. The van der Waals surface area contributed by atoms with Gasteiger partial charge < -0.3 is 41.3 Å². The lowest BCUT2D eigenvalue weighted by molar-refractivity contribution is -0.379. The molecule has 34 heavy (non-hydrogen) atoms. The maximum Gasteiger partial charge on any atom is 0.284 e. The van der Waals surface area contributed by atoms with E-state index in [0.29, 0.717) is 5.69 Å². The minimum Gasteiger partial charge on any atom is -0.498 e. The third-order valence-corrected chi connectivity index (χ3v) is 5.80. The van der Waals surface area contributed by atoms with E-state index in [9.17, 15) is 30.3 Å². The first-order chi connectivity index (χ1) is 16.0. The standard InChI is InChI=1S/C22H26N4O7S/c1-33-17(13-5-3-2-4-6-13)12-24-22(31,32)21(29,30)14-7-9-15(10-8-14)25-18(27)11-16-19(28)34-20(23)26-16/h2-10,17,24,28-32H,11-12H2,1H3,(H2,23,26)(H,25,27).